The van der Waals surface area contributed by atoms with E-state index in [1.165, 1.54) is 6.07 Å². The van der Waals surface area contributed by atoms with Gasteiger partial charge in [-0.05, 0) is 25.5 Å². The lowest BCUT2D eigenvalue weighted by molar-refractivity contribution is 0.212. The molecule has 2 aromatic heterocycles. The van der Waals surface area contributed by atoms with Gasteiger partial charge < -0.3 is 4.42 Å². The van der Waals surface area contributed by atoms with E-state index < -0.39 is 11.6 Å². The van der Waals surface area contributed by atoms with E-state index in [9.17, 15) is 8.78 Å². The first-order chi connectivity index (χ1) is 12.2. The van der Waals surface area contributed by atoms with E-state index in [4.69, 9.17) is 4.42 Å². The van der Waals surface area contributed by atoms with Gasteiger partial charge in [0.25, 0.3) is 5.89 Å². The Kier molecular flexibility index (Phi) is 4.19. The van der Waals surface area contributed by atoms with Crippen molar-refractivity contribution >= 4 is 0 Å². The fraction of sp³-hybridized carbons (Fsp3) is 0.294. The largest absolute Gasteiger partial charge is 0.417 e. The zero-order valence-corrected chi connectivity index (χ0v) is 13.3. The Hall–Kier alpha value is -2.74. The summed E-state index contributed by atoms with van der Waals surface area (Å²) in [6, 6.07) is 4.09. The van der Waals surface area contributed by atoms with Crippen LogP contribution in [-0.4, -0.2) is 31.6 Å². The number of hydrogen-bond donors (Lipinski definition) is 0. The highest BCUT2D eigenvalue weighted by Crippen LogP contribution is 2.33. The van der Waals surface area contributed by atoms with Crippen molar-refractivity contribution in [2.45, 2.75) is 25.4 Å². The normalized spacial score (nSPS) is 17.9. The molecule has 0 aliphatic carbocycles. The number of nitrogens with zero attached hydrogens (tertiary/aromatic N) is 5. The number of benzene rings is 1. The zero-order chi connectivity index (χ0) is 17.2. The molecule has 0 radical (unpaired) electrons. The second-order valence-electron chi connectivity index (χ2n) is 5.88. The molecule has 0 spiro atoms. The Morgan fingerprint density at radius 2 is 2.12 bits per heavy atom. The third kappa shape index (κ3) is 3.12. The maximum Gasteiger partial charge on any atom is 0.267 e. The highest BCUT2D eigenvalue weighted by molar-refractivity contribution is 5.43. The minimum absolute atomic E-state index is 0.124. The smallest absolute Gasteiger partial charge is 0.267 e. The first-order valence-electron chi connectivity index (χ1n) is 7.99. The van der Waals surface area contributed by atoms with Crippen LogP contribution in [0.2, 0.25) is 0 Å². The molecule has 0 amide bonds. The van der Waals surface area contributed by atoms with E-state index in [1.54, 1.807) is 24.7 Å². The Morgan fingerprint density at radius 3 is 2.96 bits per heavy atom. The van der Waals surface area contributed by atoms with Crippen LogP contribution in [0.1, 0.15) is 30.3 Å². The van der Waals surface area contributed by atoms with Crippen molar-refractivity contribution in [3.63, 3.8) is 0 Å². The van der Waals surface area contributed by atoms with Crippen molar-refractivity contribution in [1.82, 2.24) is 25.1 Å². The van der Waals surface area contributed by atoms with Crippen molar-refractivity contribution in [3.8, 4) is 11.6 Å². The maximum absolute atomic E-state index is 13.9. The monoisotopic (exact) mass is 343 g/mol. The molecule has 0 saturated carbocycles. The van der Waals surface area contributed by atoms with Crippen LogP contribution < -0.4 is 0 Å². The van der Waals surface area contributed by atoms with Crippen molar-refractivity contribution in [3.05, 3.63) is 59.9 Å². The Labute approximate surface area is 142 Å². The van der Waals surface area contributed by atoms with E-state index in [-0.39, 0.29) is 12.6 Å². The standard InChI is InChI=1S/C17H15F2N5O/c18-12-4-1-3-11(15(12)19)10-24-8-2-5-14(24)17-23-22-16(25-17)13-9-20-6-7-21-13/h1,3-4,6-7,9,14H,2,5,8,10H2/t14-/m0/s1. The molecule has 1 aliphatic rings. The van der Waals surface area contributed by atoms with Gasteiger partial charge in [0.15, 0.2) is 11.6 Å². The summed E-state index contributed by atoms with van der Waals surface area (Å²) in [6.07, 6.45) is 6.40. The summed E-state index contributed by atoms with van der Waals surface area (Å²) >= 11 is 0. The van der Waals surface area contributed by atoms with Crippen LogP contribution >= 0.6 is 0 Å². The van der Waals surface area contributed by atoms with Crippen molar-refractivity contribution in [2.24, 2.45) is 0 Å². The second kappa shape index (κ2) is 6.64. The molecule has 3 aromatic rings. The first-order valence-corrected chi connectivity index (χ1v) is 7.99. The quantitative estimate of drug-likeness (QED) is 0.725. The first kappa shape index (κ1) is 15.8. The molecule has 1 aliphatic heterocycles. The summed E-state index contributed by atoms with van der Waals surface area (Å²) in [5.74, 6) is -0.892. The van der Waals surface area contributed by atoms with Gasteiger partial charge >= 0.3 is 0 Å². The fourth-order valence-electron chi connectivity index (χ4n) is 3.07. The highest BCUT2D eigenvalue weighted by atomic mass is 19.2. The van der Waals surface area contributed by atoms with Crippen LogP contribution in [-0.2, 0) is 6.54 Å². The Morgan fingerprint density at radius 1 is 1.20 bits per heavy atom. The molecule has 0 bridgehead atoms. The topological polar surface area (TPSA) is 67.9 Å². The van der Waals surface area contributed by atoms with Crippen LogP contribution in [0, 0.1) is 11.6 Å². The fourth-order valence-corrected chi connectivity index (χ4v) is 3.07. The lowest BCUT2D eigenvalue weighted by Gasteiger charge is -2.21. The molecular formula is C17H15F2N5O. The lowest BCUT2D eigenvalue weighted by Crippen LogP contribution is -2.23. The Bertz CT molecular complexity index is 870. The van der Waals surface area contributed by atoms with Crippen molar-refractivity contribution < 1.29 is 13.2 Å². The van der Waals surface area contributed by atoms with Crippen LogP contribution in [0.25, 0.3) is 11.6 Å². The summed E-state index contributed by atoms with van der Waals surface area (Å²) in [5.41, 5.74) is 0.822. The van der Waals surface area contributed by atoms with Crippen LogP contribution in [0.4, 0.5) is 8.78 Å². The van der Waals surface area contributed by atoms with Gasteiger partial charge in [0.1, 0.15) is 5.69 Å². The highest BCUT2D eigenvalue weighted by Gasteiger charge is 2.31. The zero-order valence-electron chi connectivity index (χ0n) is 13.3. The number of likely N-dealkylation sites (tertiary alicyclic amines) is 1. The molecule has 3 heterocycles. The van der Waals surface area contributed by atoms with E-state index in [0.717, 1.165) is 25.5 Å². The number of rotatable bonds is 4. The lowest BCUT2D eigenvalue weighted by atomic mass is 10.1. The van der Waals surface area contributed by atoms with Crippen molar-refractivity contribution in [2.75, 3.05) is 6.54 Å². The summed E-state index contributed by atoms with van der Waals surface area (Å²) < 4.78 is 33.1. The average molecular weight is 343 g/mol. The summed E-state index contributed by atoms with van der Waals surface area (Å²) in [6.45, 7) is 1.04. The van der Waals surface area contributed by atoms with E-state index in [2.05, 4.69) is 20.2 Å². The predicted molar refractivity (Wildman–Crippen MR) is 84.1 cm³/mol. The number of aromatic nitrogens is 4. The average Bonchev–Trinajstić information content (AvgIpc) is 3.29. The maximum atomic E-state index is 13.9. The molecule has 0 unspecified atom stereocenters. The second-order valence-corrected chi connectivity index (χ2v) is 5.88. The number of halogens is 2. The van der Waals surface area contributed by atoms with Gasteiger partial charge in [0, 0.05) is 24.5 Å². The summed E-state index contributed by atoms with van der Waals surface area (Å²) in [7, 11) is 0. The molecule has 0 N–H and O–H groups in total. The van der Waals surface area contributed by atoms with E-state index in [0.29, 0.717) is 23.0 Å². The van der Waals surface area contributed by atoms with Crippen LogP contribution in [0.3, 0.4) is 0 Å². The molecule has 25 heavy (non-hydrogen) atoms. The minimum atomic E-state index is -0.837. The summed E-state index contributed by atoms with van der Waals surface area (Å²) in [4.78, 5) is 10.1. The third-order valence-corrected chi connectivity index (χ3v) is 4.28. The van der Waals surface area contributed by atoms with Gasteiger partial charge in [-0.15, -0.1) is 10.2 Å². The van der Waals surface area contributed by atoms with Gasteiger partial charge in [0.05, 0.1) is 12.2 Å². The van der Waals surface area contributed by atoms with Gasteiger partial charge in [-0.1, -0.05) is 12.1 Å². The molecule has 8 heteroatoms. The molecular weight excluding hydrogens is 328 g/mol. The molecule has 128 valence electrons. The van der Waals surface area contributed by atoms with E-state index in [1.807, 2.05) is 4.90 Å². The van der Waals surface area contributed by atoms with Crippen LogP contribution in [0.5, 0.6) is 0 Å². The third-order valence-electron chi connectivity index (χ3n) is 4.28. The Balaban J connectivity index is 1.56. The molecule has 1 aromatic carbocycles. The molecule has 4 rings (SSSR count). The van der Waals surface area contributed by atoms with Gasteiger partial charge in [-0.3, -0.25) is 9.88 Å². The summed E-state index contributed by atoms with van der Waals surface area (Å²) in [5, 5.41) is 8.14. The minimum Gasteiger partial charge on any atom is -0.417 e. The van der Waals surface area contributed by atoms with Gasteiger partial charge in [-0.25, -0.2) is 13.8 Å². The molecule has 1 fully saturated rings. The molecule has 1 atom stereocenters. The van der Waals surface area contributed by atoms with Gasteiger partial charge in [0.2, 0.25) is 5.89 Å². The molecule has 6 nitrogen and oxygen atoms in total. The van der Waals surface area contributed by atoms with E-state index >= 15 is 0 Å². The van der Waals surface area contributed by atoms with Gasteiger partial charge in [-0.2, -0.15) is 0 Å². The SMILES string of the molecule is Fc1cccc(CN2CCC[C@H]2c2nnc(-c3cnccn3)o2)c1F. The number of hydrogen-bond acceptors (Lipinski definition) is 6. The molecule has 1 saturated heterocycles. The van der Waals surface area contributed by atoms with Crippen molar-refractivity contribution in [1.29, 1.82) is 0 Å². The predicted octanol–water partition coefficient (Wildman–Crippen LogP) is 3.14. The van der Waals surface area contributed by atoms with Crippen LogP contribution in [0.15, 0.2) is 41.2 Å².